The predicted molar refractivity (Wildman–Crippen MR) is 45.7 cm³/mol. The SMILES string of the molecule is Nc1nc(Br)cc(OCC(F)(F)F)n1. The maximum Gasteiger partial charge on any atom is 0.422 e. The molecule has 4 nitrogen and oxygen atoms in total. The summed E-state index contributed by atoms with van der Waals surface area (Å²) in [5.74, 6) is -0.377. The number of ether oxygens (including phenoxy) is 1. The van der Waals surface area contributed by atoms with Crippen LogP contribution in [0.3, 0.4) is 0 Å². The molecular weight excluding hydrogens is 267 g/mol. The topological polar surface area (TPSA) is 61.0 Å². The van der Waals surface area contributed by atoms with Gasteiger partial charge in [0.2, 0.25) is 11.8 Å². The van der Waals surface area contributed by atoms with Crippen LogP contribution in [0.1, 0.15) is 0 Å². The van der Waals surface area contributed by atoms with Gasteiger partial charge in [-0.15, -0.1) is 0 Å². The number of rotatable bonds is 2. The van der Waals surface area contributed by atoms with E-state index in [0.29, 0.717) is 0 Å². The molecule has 0 bridgehead atoms. The van der Waals surface area contributed by atoms with Gasteiger partial charge in [-0.3, -0.25) is 0 Å². The van der Waals surface area contributed by atoms with E-state index in [1.54, 1.807) is 0 Å². The maximum atomic E-state index is 11.7. The van der Waals surface area contributed by atoms with Crippen molar-refractivity contribution >= 4 is 21.9 Å². The zero-order chi connectivity index (χ0) is 10.8. The van der Waals surface area contributed by atoms with Gasteiger partial charge in [-0.2, -0.15) is 18.2 Å². The molecular formula is C6H5BrF3N3O. The summed E-state index contributed by atoms with van der Waals surface area (Å²) in [6, 6.07) is 1.20. The van der Waals surface area contributed by atoms with Crippen LogP contribution in [-0.4, -0.2) is 22.8 Å². The molecule has 0 aliphatic carbocycles. The van der Waals surface area contributed by atoms with Gasteiger partial charge in [-0.05, 0) is 15.9 Å². The number of nitrogen functional groups attached to an aromatic ring is 1. The Hall–Kier alpha value is -1.05. The van der Waals surface area contributed by atoms with Crippen molar-refractivity contribution in [2.75, 3.05) is 12.3 Å². The smallest absolute Gasteiger partial charge is 0.422 e. The zero-order valence-electron chi connectivity index (χ0n) is 6.68. The first kappa shape index (κ1) is 11.0. The first-order valence-electron chi connectivity index (χ1n) is 3.36. The Morgan fingerprint density at radius 1 is 1.43 bits per heavy atom. The first-order valence-corrected chi connectivity index (χ1v) is 4.16. The minimum atomic E-state index is -4.40. The first-order chi connectivity index (χ1) is 6.37. The Labute approximate surface area is 85.4 Å². The van der Waals surface area contributed by atoms with E-state index in [0.717, 1.165) is 0 Å². The Morgan fingerprint density at radius 2 is 2.07 bits per heavy atom. The van der Waals surface area contributed by atoms with Gasteiger partial charge < -0.3 is 10.5 Å². The van der Waals surface area contributed by atoms with Crippen LogP contribution in [0.15, 0.2) is 10.7 Å². The molecule has 8 heteroatoms. The van der Waals surface area contributed by atoms with Crippen LogP contribution in [-0.2, 0) is 0 Å². The summed E-state index contributed by atoms with van der Waals surface area (Å²) in [4.78, 5) is 7.05. The van der Waals surface area contributed by atoms with Crippen LogP contribution in [0.25, 0.3) is 0 Å². The fourth-order valence-electron chi connectivity index (χ4n) is 0.643. The molecule has 0 amide bonds. The van der Waals surface area contributed by atoms with E-state index in [9.17, 15) is 13.2 Å². The lowest BCUT2D eigenvalue weighted by atomic mass is 10.6. The molecule has 2 N–H and O–H groups in total. The maximum absolute atomic E-state index is 11.7. The van der Waals surface area contributed by atoms with Crippen molar-refractivity contribution < 1.29 is 17.9 Å². The summed E-state index contributed by atoms with van der Waals surface area (Å²) in [7, 11) is 0. The molecule has 0 saturated heterocycles. The quantitative estimate of drug-likeness (QED) is 0.833. The van der Waals surface area contributed by atoms with E-state index < -0.39 is 12.8 Å². The van der Waals surface area contributed by atoms with E-state index in [4.69, 9.17) is 5.73 Å². The average Bonchev–Trinajstić information content (AvgIpc) is 1.97. The average molecular weight is 272 g/mol. The van der Waals surface area contributed by atoms with Crippen LogP contribution in [0.5, 0.6) is 5.88 Å². The zero-order valence-corrected chi connectivity index (χ0v) is 8.26. The molecule has 14 heavy (non-hydrogen) atoms. The van der Waals surface area contributed by atoms with E-state index in [1.165, 1.54) is 6.07 Å². The molecule has 0 radical (unpaired) electrons. The minimum Gasteiger partial charge on any atom is -0.468 e. The molecule has 0 fully saturated rings. The molecule has 78 valence electrons. The van der Waals surface area contributed by atoms with Crippen molar-refractivity contribution in [2.45, 2.75) is 6.18 Å². The third-order valence-electron chi connectivity index (χ3n) is 1.07. The van der Waals surface area contributed by atoms with Gasteiger partial charge in [0, 0.05) is 6.07 Å². The van der Waals surface area contributed by atoms with Crippen LogP contribution >= 0.6 is 15.9 Å². The van der Waals surface area contributed by atoms with Gasteiger partial charge in [0.1, 0.15) is 4.60 Å². The van der Waals surface area contributed by atoms with E-state index in [2.05, 4.69) is 30.6 Å². The summed E-state index contributed by atoms with van der Waals surface area (Å²) < 4.78 is 39.8. The fourth-order valence-corrected chi connectivity index (χ4v) is 1.02. The minimum absolute atomic E-state index is 0.156. The van der Waals surface area contributed by atoms with Gasteiger partial charge in [-0.1, -0.05) is 0 Å². The standard InChI is InChI=1S/C6H5BrF3N3O/c7-3-1-4(13-5(11)12-3)14-2-6(8,9)10/h1H,2H2,(H2,11,12,13). The lowest BCUT2D eigenvalue weighted by molar-refractivity contribution is -0.154. The van der Waals surface area contributed by atoms with Crippen molar-refractivity contribution in [2.24, 2.45) is 0 Å². The largest absolute Gasteiger partial charge is 0.468 e. The predicted octanol–water partition coefficient (Wildman–Crippen LogP) is 1.76. The second kappa shape index (κ2) is 3.99. The monoisotopic (exact) mass is 271 g/mol. The van der Waals surface area contributed by atoms with Crippen LogP contribution in [0, 0.1) is 0 Å². The molecule has 0 saturated carbocycles. The molecule has 0 atom stereocenters. The fraction of sp³-hybridized carbons (Fsp3) is 0.333. The molecule has 0 spiro atoms. The van der Waals surface area contributed by atoms with Crippen LogP contribution < -0.4 is 10.5 Å². The molecule has 1 heterocycles. The van der Waals surface area contributed by atoms with Crippen LogP contribution in [0.2, 0.25) is 0 Å². The summed E-state index contributed by atoms with van der Waals surface area (Å²) in [6.07, 6.45) is -4.40. The molecule has 1 rings (SSSR count). The highest BCUT2D eigenvalue weighted by atomic mass is 79.9. The van der Waals surface area contributed by atoms with Crippen molar-refractivity contribution in [3.05, 3.63) is 10.7 Å². The summed E-state index contributed by atoms with van der Waals surface area (Å²) in [5.41, 5.74) is 5.19. The molecule has 1 aromatic heterocycles. The van der Waals surface area contributed by atoms with Gasteiger partial charge in [0.25, 0.3) is 0 Å². The Bertz CT molecular complexity index is 310. The normalized spacial score (nSPS) is 11.4. The van der Waals surface area contributed by atoms with Crippen molar-refractivity contribution in [1.82, 2.24) is 9.97 Å². The van der Waals surface area contributed by atoms with Gasteiger partial charge in [0.05, 0.1) is 0 Å². The van der Waals surface area contributed by atoms with Crippen molar-refractivity contribution in [3.63, 3.8) is 0 Å². The lowest BCUT2D eigenvalue weighted by Gasteiger charge is -2.08. The number of nitrogens with zero attached hydrogens (tertiary/aromatic N) is 2. The second-order valence-corrected chi connectivity index (χ2v) is 3.10. The third kappa shape index (κ3) is 3.77. The van der Waals surface area contributed by atoms with Gasteiger partial charge >= 0.3 is 6.18 Å². The lowest BCUT2D eigenvalue weighted by Crippen LogP contribution is -2.19. The van der Waals surface area contributed by atoms with E-state index in [-0.39, 0.29) is 16.4 Å². The van der Waals surface area contributed by atoms with E-state index in [1.807, 2.05) is 0 Å². The number of alkyl halides is 3. The molecule has 0 aliphatic heterocycles. The second-order valence-electron chi connectivity index (χ2n) is 2.29. The number of hydrogen-bond acceptors (Lipinski definition) is 4. The highest BCUT2D eigenvalue weighted by Crippen LogP contribution is 2.19. The van der Waals surface area contributed by atoms with Crippen molar-refractivity contribution in [1.29, 1.82) is 0 Å². The highest BCUT2D eigenvalue weighted by Gasteiger charge is 2.28. The summed E-state index contributed by atoms with van der Waals surface area (Å²) in [5, 5.41) is 0. The Kier molecular flexibility index (Phi) is 3.14. The van der Waals surface area contributed by atoms with Gasteiger partial charge in [-0.25, -0.2) is 4.98 Å². The summed E-state index contributed by atoms with van der Waals surface area (Å²) >= 11 is 2.94. The summed E-state index contributed by atoms with van der Waals surface area (Å²) in [6.45, 7) is -1.41. The molecule has 0 unspecified atom stereocenters. The Morgan fingerprint density at radius 3 is 2.57 bits per heavy atom. The molecule has 1 aromatic rings. The van der Waals surface area contributed by atoms with E-state index >= 15 is 0 Å². The molecule has 0 aromatic carbocycles. The van der Waals surface area contributed by atoms with Gasteiger partial charge in [0.15, 0.2) is 6.61 Å². The van der Waals surface area contributed by atoms with Crippen LogP contribution in [0.4, 0.5) is 19.1 Å². The number of hydrogen-bond donors (Lipinski definition) is 1. The number of aromatic nitrogens is 2. The Balaban J connectivity index is 2.68. The molecule has 0 aliphatic rings. The number of anilines is 1. The third-order valence-corrected chi connectivity index (χ3v) is 1.48. The van der Waals surface area contributed by atoms with Crippen molar-refractivity contribution in [3.8, 4) is 5.88 Å². The number of halogens is 4. The highest BCUT2D eigenvalue weighted by molar-refractivity contribution is 9.10. The number of nitrogens with two attached hydrogens (primary N) is 1.